The molecule has 3 rings (SSSR count). The zero-order chi connectivity index (χ0) is 18.0. The minimum absolute atomic E-state index is 0.239. The molecule has 0 aliphatic heterocycles. The smallest absolute Gasteiger partial charge is 0.291 e. The fourth-order valence-electron chi connectivity index (χ4n) is 2.50. The van der Waals surface area contributed by atoms with Gasteiger partial charge in [-0.3, -0.25) is 9.48 Å². The summed E-state index contributed by atoms with van der Waals surface area (Å²) in [7, 11) is 1.80. The van der Waals surface area contributed by atoms with Gasteiger partial charge in [0, 0.05) is 13.2 Å². The van der Waals surface area contributed by atoms with Crippen molar-refractivity contribution in [1.29, 1.82) is 0 Å². The number of nitrogens with zero attached hydrogens (tertiary/aromatic N) is 2. The lowest BCUT2D eigenvalue weighted by atomic mass is 10.1. The van der Waals surface area contributed by atoms with Crippen LogP contribution >= 0.6 is 0 Å². The highest BCUT2D eigenvalue weighted by atomic mass is 16.5. The molecule has 1 aromatic carbocycles. The summed E-state index contributed by atoms with van der Waals surface area (Å²) in [4.78, 5) is 12.3. The van der Waals surface area contributed by atoms with Crippen molar-refractivity contribution in [1.82, 2.24) is 9.78 Å². The van der Waals surface area contributed by atoms with Gasteiger partial charge in [0.2, 0.25) is 0 Å². The van der Waals surface area contributed by atoms with Crippen molar-refractivity contribution in [2.24, 2.45) is 7.05 Å². The van der Waals surface area contributed by atoms with Gasteiger partial charge in [0.15, 0.2) is 5.76 Å². The normalized spacial score (nSPS) is 10.7. The molecule has 0 saturated heterocycles. The molecule has 0 aliphatic carbocycles. The molecular formula is C19H21N3O3. The lowest BCUT2D eigenvalue weighted by Gasteiger charge is -2.08. The summed E-state index contributed by atoms with van der Waals surface area (Å²) in [6.45, 7) is 6.11. The summed E-state index contributed by atoms with van der Waals surface area (Å²) >= 11 is 0. The van der Waals surface area contributed by atoms with Gasteiger partial charge in [-0.05, 0) is 50.1 Å². The highest BCUT2D eigenvalue weighted by molar-refractivity contribution is 6.02. The maximum absolute atomic E-state index is 12.3. The lowest BCUT2D eigenvalue weighted by molar-refractivity contribution is 0.0992. The third kappa shape index (κ3) is 3.91. The van der Waals surface area contributed by atoms with Gasteiger partial charge >= 0.3 is 0 Å². The second-order valence-electron chi connectivity index (χ2n) is 6.08. The van der Waals surface area contributed by atoms with Crippen molar-refractivity contribution in [2.75, 3.05) is 5.32 Å². The highest BCUT2D eigenvalue weighted by Gasteiger charge is 2.14. The summed E-state index contributed by atoms with van der Waals surface area (Å²) in [5, 5.41) is 6.99. The minimum atomic E-state index is -0.311. The zero-order valence-corrected chi connectivity index (χ0v) is 14.8. The molecular weight excluding hydrogens is 318 g/mol. The van der Waals surface area contributed by atoms with Crippen LogP contribution in [0.25, 0.3) is 0 Å². The number of carbonyl (C=O) groups excluding carboxylic acids is 1. The first kappa shape index (κ1) is 16.8. The molecule has 0 unspecified atom stereocenters. The second-order valence-corrected chi connectivity index (χ2v) is 6.08. The molecule has 2 heterocycles. The maximum Gasteiger partial charge on any atom is 0.291 e. The number of rotatable bonds is 5. The lowest BCUT2D eigenvalue weighted by Crippen LogP contribution is -2.11. The first-order valence-electron chi connectivity index (χ1n) is 8.03. The Morgan fingerprint density at radius 1 is 1.24 bits per heavy atom. The van der Waals surface area contributed by atoms with E-state index in [1.807, 2.05) is 39.0 Å². The number of nitrogens with one attached hydrogen (secondary N) is 1. The number of hydrogen-bond donors (Lipinski definition) is 1. The van der Waals surface area contributed by atoms with Crippen LogP contribution in [0.3, 0.4) is 0 Å². The number of carbonyl (C=O) groups is 1. The van der Waals surface area contributed by atoms with E-state index in [4.69, 9.17) is 9.15 Å². The molecule has 6 nitrogen and oxygen atoms in total. The monoisotopic (exact) mass is 339 g/mol. The SMILES string of the molecule is Cc1ccc(C)c(OCc2ccc(C(=O)Nc3cn(C)nc3C)o2)c1. The first-order chi connectivity index (χ1) is 11.9. The molecule has 130 valence electrons. The Bertz CT molecular complexity index is 909. The molecule has 25 heavy (non-hydrogen) atoms. The van der Waals surface area contributed by atoms with Crippen molar-refractivity contribution in [3.63, 3.8) is 0 Å². The van der Waals surface area contributed by atoms with Gasteiger partial charge in [-0.1, -0.05) is 12.1 Å². The van der Waals surface area contributed by atoms with Crippen LogP contribution in [0.1, 0.15) is 33.1 Å². The molecule has 0 atom stereocenters. The van der Waals surface area contributed by atoms with E-state index in [0.29, 0.717) is 11.4 Å². The van der Waals surface area contributed by atoms with Crippen LogP contribution in [0, 0.1) is 20.8 Å². The van der Waals surface area contributed by atoms with Crippen molar-refractivity contribution in [3.05, 3.63) is 64.9 Å². The Labute approximate surface area is 146 Å². The van der Waals surface area contributed by atoms with E-state index in [0.717, 1.165) is 22.6 Å². The van der Waals surface area contributed by atoms with Crippen molar-refractivity contribution in [3.8, 4) is 5.75 Å². The molecule has 0 bridgehead atoms. The molecule has 6 heteroatoms. The molecule has 1 amide bonds. The van der Waals surface area contributed by atoms with Crippen molar-refractivity contribution < 1.29 is 13.9 Å². The van der Waals surface area contributed by atoms with Gasteiger partial charge in [-0.2, -0.15) is 5.10 Å². The maximum atomic E-state index is 12.3. The quantitative estimate of drug-likeness (QED) is 0.768. The molecule has 0 saturated carbocycles. The molecule has 2 aromatic heterocycles. The van der Waals surface area contributed by atoms with Gasteiger partial charge in [0.25, 0.3) is 5.91 Å². The van der Waals surface area contributed by atoms with Gasteiger partial charge in [-0.15, -0.1) is 0 Å². The number of aromatic nitrogens is 2. The number of hydrogen-bond acceptors (Lipinski definition) is 4. The summed E-state index contributed by atoms with van der Waals surface area (Å²) in [6, 6.07) is 9.43. The Kier molecular flexibility index (Phi) is 4.61. The molecule has 0 aliphatic rings. The van der Waals surface area contributed by atoms with Crippen LogP contribution in [0.15, 0.2) is 40.9 Å². The molecule has 0 spiro atoms. The first-order valence-corrected chi connectivity index (χ1v) is 8.03. The number of benzene rings is 1. The number of amides is 1. The Balaban J connectivity index is 1.64. The van der Waals surface area contributed by atoms with E-state index in [1.54, 1.807) is 30.1 Å². The summed E-state index contributed by atoms with van der Waals surface area (Å²) in [5.41, 5.74) is 3.60. The molecule has 3 aromatic rings. The summed E-state index contributed by atoms with van der Waals surface area (Å²) < 4.78 is 13.0. The largest absolute Gasteiger partial charge is 0.485 e. The Morgan fingerprint density at radius 3 is 2.76 bits per heavy atom. The number of ether oxygens (including phenoxy) is 1. The van der Waals surface area contributed by atoms with Crippen LogP contribution in [0.4, 0.5) is 5.69 Å². The van der Waals surface area contributed by atoms with Crippen LogP contribution in [-0.4, -0.2) is 15.7 Å². The Hall–Kier alpha value is -3.02. The molecule has 1 N–H and O–H groups in total. The molecule has 0 fully saturated rings. The minimum Gasteiger partial charge on any atom is -0.485 e. The third-order valence-electron chi connectivity index (χ3n) is 3.86. The van der Waals surface area contributed by atoms with Gasteiger partial charge in [-0.25, -0.2) is 0 Å². The van der Waals surface area contributed by atoms with Crippen molar-refractivity contribution >= 4 is 11.6 Å². The topological polar surface area (TPSA) is 69.3 Å². The second kappa shape index (κ2) is 6.84. The van der Waals surface area contributed by atoms with Crippen LogP contribution in [0.2, 0.25) is 0 Å². The van der Waals surface area contributed by atoms with Gasteiger partial charge in [0.1, 0.15) is 18.1 Å². The average Bonchev–Trinajstić information content (AvgIpc) is 3.15. The van der Waals surface area contributed by atoms with E-state index in [9.17, 15) is 4.79 Å². The summed E-state index contributed by atoms with van der Waals surface area (Å²) in [5.74, 6) is 1.33. The van der Waals surface area contributed by atoms with Crippen LogP contribution in [0.5, 0.6) is 5.75 Å². The van der Waals surface area contributed by atoms with E-state index < -0.39 is 0 Å². The van der Waals surface area contributed by atoms with Gasteiger partial charge < -0.3 is 14.5 Å². The average molecular weight is 339 g/mol. The van der Waals surface area contributed by atoms with E-state index >= 15 is 0 Å². The molecule has 0 radical (unpaired) electrons. The van der Waals surface area contributed by atoms with Crippen LogP contribution in [-0.2, 0) is 13.7 Å². The number of furan rings is 1. The third-order valence-corrected chi connectivity index (χ3v) is 3.86. The Morgan fingerprint density at radius 2 is 2.04 bits per heavy atom. The standard InChI is InChI=1S/C19H21N3O3/c1-12-5-6-13(2)18(9-12)24-11-15-7-8-17(25-15)19(23)20-16-10-22(4)21-14(16)3/h5-10H,11H2,1-4H3,(H,20,23). The fourth-order valence-corrected chi connectivity index (χ4v) is 2.50. The van der Waals surface area contributed by atoms with Crippen LogP contribution < -0.4 is 10.1 Å². The predicted octanol–water partition coefficient (Wildman–Crippen LogP) is 3.77. The number of anilines is 1. The van der Waals surface area contributed by atoms with E-state index in [-0.39, 0.29) is 18.3 Å². The van der Waals surface area contributed by atoms with E-state index in [2.05, 4.69) is 10.4 Å². The zero-order valence-electron chi connectivity index (χ0n) is 14.8. The summed E-state index contributed by atoms with van der Waals surface area (Å²) in [6.07, 6.45) is 1.75. The van der Waals surface area contributed by atoms with Crippen molar-refractivity contribution in [2.45, 2.75) is 27.4 Å². The fraction of sp³-hybridized carbons (Fsp3) is 0.263. The van der Waals surface area contributed by atoms with E-state index in [1.165, 1.54) is 0 Å². The predicted molar refractivity (Wildman–Crippen MR) is 94.9 cm³/mol. The highest BCUT2D eigenvalue weighted by Crippen LogP contribution is 2.21. The number of aryl methyl sites for hydroxylation is 4. The van der Waals surface area contributed by atoms with Gasteiger partial charge in [0.05, 0.1) is 11.4 Å².